The molecule has 1 aliphatic heterocycles. The zero-order chi connectivity index (χ0) is 28.3. The number of allylic oxidation sites excluding steroid dienone is 2. The Kier molecular flexibility index (Phi) is 9.07. The number of phenolic OH excluding ortho intramolecular Hbond substituents is 1. The van der Waals surface area contributed by atoms with E-state index in [0.717, 1.165) is 22.5 Å². The summed E-state index contributed by atoms with van der Waals surface area (Å²) in [5.74, 6) is -2.82. The smallest absolute Gasteiger partial charge is 0.488 e. The van der Waals surface area contributed by atoms with Crippen LogP contribution in [-0.4, -0.2) is 57.0 Å². The minimum atomic E-state index is -1.74. The first-order chi connectivity index (χ1) is 18.7. The van der Waals surface area contributed by atoms with Crippen LogP contribution in [0, 0.1) is 17.8 Å². The molecule has 4 rings (SSSR count). The fourth-order valence-electron chi connectivity index (χ4n) is 6.04. The minimum Gasteiger partial charge on any atom is -0.507 e. The molecule has 4 atom stereocenters. The second kappa shape index (κ2) is 12.3. The number of rotatable bonds is 10. The van der Waals surface area contributed by atoms with Crippen molar-refractivity contribution in [3.63, 3.8) is 0 Å². The highest BCUT2D eigenvalue weighted by molar-refractivity contribution is 6.58. The highest BCUT2D eigenvalue weighted by Crippen LogP contribution is 2.48. The van der Waals surface area contributed by atoms with Crippen molar-refractivity contribution in [2.24, 2.45) is 17.8 Å². The van der Waals surface area contributed by atoms with Crippen LogP contribution in [0.4, 0.5) is 5.69 Å². The number of aliphatic hydroxyl groups excluding tert-OH is 2. The molecule has 0 saturated carbocycles. The molecule has 0 bridgehead atoms. The molecule has 0 spiro atoms. The Labute approximate surface area is 229 Å². The van der Waals surface area contributed by atoms with Crippen molar-refractivity contribution < 1.29 is 35.0 Å². The van der Waals surface area contributed by atoms with E-state index in [1.54, 1.807) is 24.3 Å². The van der Waals surface area contributed by atoms with Gasteiger partial charge in [-0.05, 0) is 61.3 Å². The molecule has 39 heavy (non-hydrogen) atoms. The summed E-state index contributed by atoms with van der Waals surface area (Å²) in [4.78, 5) is 28.2. The summed E-state index contributed by atoms with van der Waals surface area (Å²) in [6, 6.07) is 13.1. The lowest BCUT2D eigenvalue weighted by Crippen LogP contribution is -2.39. The molecule has 206 valence electrons. The van der Waals surface area contributed by atoms with E-state index in [9.17, 15) is 35.0 Å². The maximum Gasteiger partial charge on any atom is 0.488 e. The molecule has 2 aromatic rings. The third-order valence-electron chi connectivity index (χ3n) is 8.08. The molecule has 2 amide bonds. The predicted molar refractivity (Wildman–Crippen MR) is 150 cm³/mol. The third kappa shape index (κ3) is 5.72. The highest BCUT2D eigenvalue weighted by atomic mass is 16.4. The lowest BCUT2D eigenvalue weighted by Gasteiger charge is -2.36. The monoisotopic (exact) mass is 533 g/mol. The Balaban J connectivity index is 1.59. The van der Waals surface area contributed by atoms with Gasteiger partial charge in [0.25, 0.3) is 0 Å². The van der Waals surface area contributed by atoms with Crippen LogP contribution in [0.5, 0.6) is 5.75 Å². The first-order valence-corrected chi connectivity index (χ1v) is 13.5. The van der Waals surface area contributed by atoms with E-state index in [1.165, 1.54) is 12.1 Å². The summed E-state index contributed by atoms with van der Waals surface area (Å²) < 4.78 is 0. The quantitative estimate of drug-likeness (QED) is 0.180. The van der Waals surface area contributed by atoms with E-state index < -0.39 is 36.9 Å². The van der Waals surface area contributed by atoms with Gasteiger partial charge in [-0.25, -0.2) is 0 Å². The number of carbonyl (C=O) groups is 2. The zero-order valence-corrected chi connectivity index (χ0v) is 22.3. The largest absolute Gasteiger partial charge is 0.507 e. The Morgan fingerprint density at radius 1 is 1.10 bits per heavy atom. The van der Waals surface area contributed by atoms with E-state index >= 15 is 0 Å². The number of phenols is 1. The van der Waals surface area contributed by atoms with Crippen molar-refractivity contribution in [3.8, 4) is 5.75 Å². The number of fused-ring (bicyclic) bond motifs is 1. The van der Waals surface area contributed by atoms with Crippen LogP contribution in [0.25, 0.3) is 6.08 Å². The third-order valence-corrected chi connectivity index (χ3v) is 8.08. The van der Waals surface area contributed by atoms with Gasteiger partial charge in [-0.15, -0.1) is 0 Å². The number of anilines is 1. The van der Waals surface area contributed by atoms with Crippen LogP contribution in [-0.2, 0) is 9.59 Å². The molecule has 5 N–H and O–H groups in total. The van der Waals surface area contributed by atoms with E-state index in [2.05, 4.69) is 0 Å². The predicted octanol–water partition coefficient (Wildman–Crippen LogP) is 2.53. The average Bonchev–Trinajstić information content (AvgIpc) is 3.19. The van der Waals surface area contributed by atoms with E-state index in [1.807, 2.05) is 32.1 Å². The van der Waals surface area contributed by atoms with Crippen molar-refractivity contribution >= 4 is 36.2 Å². The molecule has 9 heteroatoms. The maximum absolute atomic E-state index is 13.6. The molecule has 2 aromatic carbocycles. The molecule has 1 heterocycles. The maximum atomic E-state index is 13.6. The topological polar surface area (TPSA) is 139 Å². The summed E-state index contributed by atoms with van der Waals surface area (Å²) in [6.45, 7) is 3.57. The van der Waals surface area contributed by atoms with Crippen LogP contribution < -0.4 is 10.4 Å². The minimum absolute atomic E-state index is 0.161. The normalized spacial score (nSPS) is 22.4. The van der Waals surface area contributed by atoms with Gasteiger partial charge in [0.05, 0.1) is 30.2 Å². The number of benzene rings is 2. The van der Waals surface area contributed by atoms with Crippen molar-refractivity contribution in [1.29, 1.82) is 0 Å². The Morgan fingerprint density at radius 3 is 2.49 bits per heavy atom. The molecular formula is C30H36BNO7. The summed E-state index contributed by atoms with van der Waals surface area (Å²) in [6.07, 6.45) is 3.60. The standard InChI is InChI=1S/C30H36BNO7/c1-3-18(14-20-8-5-6-11-25(20)34)12-13-26(35)27-19(4-2)15-23-28(24(27)17-33)30(37)32(29(23)36)22-10-7-9-21(16-22)31(38)39/h5-11,14,16,23-24,26,28,33-35,38-39H,3-4,12-13,15,17H2,1-2H3/b18-14+/t23-,24+,26-,28-/m1/s1. The summed E-state index contributed by atoms with van der Waals surface area (Å²) in [7, 11) is -1.74. The molecule has 8 nitrogen and oxygen atoms in total. The van der Waals surface area contributed by atoms with Crippen LogP contribution in [0.3, 0.4) is 0 Å². The zero-order valence-electron chi connectivity index (χ0n) is 22.3. The SMILES string of the molecule is CCC1=C([C@H](O)CC/C(=C/c2ccccc2O)CC)[C@H](CO)[C@@H]2C(=O)N(c3cccc(B(O)O)c3)C(=O)[C@@H]2C1. The second-order valence-electron chi connectivity index (χ2n) is 10.3. The number of nitrogens with zero attached hydrogens (tertiary/aromatic N) is 1. The van der Waals surface area contributed by atoms with Gasteiger partial charge in [0.15, 0.2) is 0 Å². The molecule has 0 unspecified atom stereocenters. The van der Waals surface area contributed by atoms with Crippen LogP contribution in [0.1, 0.15) is 51.5 Å². The van der Waals surface area contributed by atoms with Gasteiger partial charge in [-0.1, -0.05) is 61.4 Å². The number of amides is 2. The molecular weight excluding hydrogens is 497 g/mol. The van der Waals surface area contributed by atoms with Crippen molar-refractivity contribution in [2.45, 2.75) is 52.1 Å². The lowest BCUT2D eigenvalue weighted by atomic mass is 9.67. The van der Waals surface area contributed by atoms with Crippen LogP contribution in [0.2, 0.25) is 0 Å². The fourth-order valence-corrected chi connectivity index (χ4v) is 6.04. The van der Waals surface area contributed by atoms with Crippen molar-refractivity contribution in [3.05, 3.63) is 70.8 Å². The van der Waals surface area contributed by atoms with Crippen LogP contribution >= 0.6 is 0 Å². The van der Waals surface area contributed by atoms with E-state index in [-0.39, 0.29) is 29.4 Å². The Morgan fingerprint density at radius 2 is 1.85 bits per heavy atom. The average molecular weight is 533 g/mol. The number of para-hydroxylation sites is 1. The molecule has 1 aliphatic carbocycles. The number of aromatic hydroxyl groups is 1. The molecule has 1 fully saturated rings. The fraction of sp³-hybridized carbons (Fsp3) is 0.400. The van der Waals surface area contributed by atoms with Gasteiger partial charge in [0.1, 0.15) is 5.75 Å². The molecule has 0 radical (unpaired) electrons. The first-order valence-electron chi connectivity index (χ1n) is 13.5. The van der Waals surface area contributed by atoms with Crippen LogP contribution in [0.15, 0.2) is 65.3 Å². The van der Waals surface area contributed by atoms with E-state index in [0.29, 0.717) is 36.8 Å². The number of aliphatic hydroxyl groups is 2. The summed E-state index contributed by atoms with van der Waals surface area (Å²) >= 11 is 0. The van der Waals surface area contributed by atoms with Gasteiger partial charge in [-0.2, -0.15) is 0 Å². The van der Waals surface area contributed by atoms with Crippen molar-refractivity contribution in [2.75, 3.05) is 11.5 Å². The molecule has 2 aliphatic rings. The van der Waals surface area contributed by atoms with Gasteiger partial charge in [0.2, 0.25) is 11.8 Å². The number of imide groups is 1. The van der Waals surface area contributed by atoms with Gasteiger partial charge >= 0.3 is 7.12 Å². The first kappa shape index (κ1) is 28.8. The van der Waals surface area contributed by atoms with Gasteiger partial charge in [-0.3, -0.25) is 14.5 Å². The van der Waals surface area contributed by atoms with Crippen molar-refractivity contribution in [1.82, 2.24) is 0 Å². The number of carbonyl (C=O) groups excluding carboxylic acids is 2. The molecule has 0 aromatic heterocycles. The number of hydrogen-bond donors (Lipinski definition) is 5. The summed E-state index contributed by atoms with van der Waals surface area (Å²) in [5, 5.41) is 51.1. The Hall–Kier alpha value is -3.24. The lowest BCUT2D eigenvalue weighted by molar-refractivity contribution is -0.123. The Bertz CT molecular complexity index is 1290. The van der Waals surface area contributed by atoms with E-state index in [4.69, 9.17) is 0 Å². The summed E-state index contributed by atoms with van der Waals surface area (Å²) in [5.41, 5.74) is 3.69. The molecule has 1 saturated heterocycles. The highest BCUT2D eigenvalue weighted by Gasteiger charge is 2.55. The number of hydrogen-bond acceptors (Lipinski definition) is 7. The van der Waals surface area contributed by atoms with Gasteiger partial charge in [0, 0.05) is 11.5 Å². The second-order valence-corrected chi connectivity index (χ2v) is 10.3. The van der Waals surface area contributed by atoms with Gasteiger partial charge < -0.3 is 25.4 Å².